The fraction of sp³-hybridized carbons (Fsp3) is 0.364. The number of aromatic nitrogens is 1. The van der Waals surface area contributed by atoms with Crippen LogP contribution in [0.3, 0.4) is 0 Å². The van der Waals surface area contributed by atoms with Gasteiger partial charge >= 0.3 is 0 Å². The van der Waals surface area contributed by atoms with E-state index in [1.165, 1.54) is 0 Å². The standard InChI is InChI=1S/C11H11NO2S/c1-7-12-8-5-9-10(6-11(8)15-7)14-4-2-3-13-9/h5-6H,2-4H2,1H3. The molecule has 0 amide bonds. The van der Waals surface area contributed by atoms with E-state index < -0.39 is 0 Å². The quantitative estimate of drug-likeness (QED) is 0.685. The molecule has 3 nitrogen and oxygen atoms in total. The monoisotopic (exact) mass is 221 g/mol. The largest absolute Gasteiger partial charge is 0.490 e. The summed E-state index contributed by atoms with van der Waals surface area (Å²) in [7, 11) is 0. The van der Waals surface area contributed by atoms with Gasteiger partial charge in [0.2, 0.25) is 0 Å². The molecule has 1 aliphatic rings. The van der Waals surface area contributed by atoms with Crippen LogP contribution in [0.2, 0.25) is 0 Å². The van der Waals surface area contributed by atoms with Crippen LogP contribution < -0.4 is 9.47 Å². The van der Waals surface area contributed by atoms with Gasteiger partial charge in [-0.1, -0.05) is 0 Å². The summed E-state index contributed by atoms with van der Waals surface area (Å²) in [6.45, 7) is 3.47. The average molecular weight is 221 g/mol. The second-order valence-corrected chi connectivity index (χ2v) is 4.78. The number of thiazole rings is 1. The summed E-state index contributed by atoms with van der Waals surface area (Å²) < 4.78 is 12.4. The smallest absolute Gasteiger partial charge is 0.163 e. The molecule has 0 saturated heterocycles. The van der Waals surface area contributed by atoms with Crippen LogP contribution in [0.25, 0.3) is 10.2 Å². The fourth-order valence-electron chi connectivity index (χ4n) is 1.70. The van der Waals surface area contributed by atoms with Crippen molar-refractivity contribution in [3.8, 4) is 11.5 Å². The van der Waals surface area contributed by atoms with Crippen LogP contribution in [0.4, 0.5) is 0 Å². The minimum atomic E-state index is 0.724. The van der Waals surface area contributed by atoms with Gasteiger partial charge in [0.05, 0.1) is 28.4 Å². The highest BCUT2D eigenvalue weighted by Crippen LogP contribution is 2.36. The van der Waals surface area contributed by atoms with E-state index in [1.54, 1.807) is 11.3 Å². The molecule has 0 radical (unpaired) electrons. The van der Waals surface area contributed by atoms with Crippen LogP contribution in [0.5, 0.6) is 11.5 Å². The Bertz CT molecular complexity index is 464. The highest BCUT2D eigenvalue weighted by atomic mass is 32.1. The van der Waals surface area contributed by atoms with Gasteiger partial charge in [-0.15, -0.1) is 11.3 Å². The Balaban J connectivity index is 2.19. The van der Waals surface area contributed by atoms with Gasteiger partial charge in [-0.3, -0.25) is 0 Å². The van der Waals surface area contributed by atoms with Crippen LogP contribution in [0.1, 0.15) is 11.4 Å². The molecular formula is C11H11NO2S. The maximum Gasteiger partial charge on any atom is 0.163 e. The Morgan fingerprint density at radius 2 is 1.93 bits per heavy atom. The average Bonchev–Trinajstić information content (AvgIpc) is 2.44. The third-order valence-electron chi connectivity index (χ3n) is 2.36. The maximum absolute atomic E-state index is 5.62. The molecule has 15 heavy (non-hydrogen) atoms. The molecule has 0 fully saturated rings. The van der Waals surface area contributed by atoms with Crippen LogP contribution >= 0.6 is 11.3 Å². The van der Waals surface area contributed by atoms with Crippen LogP contribution in [0, 0.1) is 6.92 Å². The zero-order chi connectivity index (χ0) is 10.3. The molecule has 2 aromatic rings. The van der Waals surface area contributed by atoms with Crippen molar-refractivity contribution in [2.75, 3.05) is 13.2 Å². The van der Waals surface area contributed by atoms with Gasteiger partial charge in [0.1, 0.15) is 0 Å². The van der Waals surface area contributed by atoms with Crippen molar-refractivity contribution in [2.24, 2.45) is 0 Å². The molecule has 78 valence electrons. The van der Waals surface area contributed by atoms with Gasteiger partial charge in [0.25, 0.3) is 0 Å². The van der Waals surface area contributed by atoms with E-state index in [9.17, 15) is 0 Å². The van der Waals surface area contributed by atoms with E-state index in [-0.39, 0.29) is 0 Å². The highest BCUT2D eigenvalue weighted by Gasteiger charge is 2.13. The first-order chi connectivity index (χ1) is 7.33. The van der Waals surface area contributed by atoms with E-state index in [1.807, 2.05) is 19.1 Å². The first kappa shape index (κ1) is 8.97. The van der Waals surface area contributed by atoms with E-state index >= 15 is 0 Å². The SMILES string of the molecule is Cc1nc2cc3c(cc2s1)OCCCO3. The van der Waals surface area contributed by atoms with Crippen molar-refractivity contribution in [3.63, 3.8) is 0 Å². The number of fused-ring (bicyclic) bond motifs is 2. The Labute approximate surface area is 91.7 Å². The zero-order valence-corrected chi connectivity index (χ0v) is 9.26. The van der Waals surface area contributed by atoms with Crippen molar-refractivity contribution in [1.82, 2.24) is 4.98 Å². The molecule has 0 bridgehead atoms. The summed E-state index contributed by atoms with van der Waals surface area (Å²) in [5.41, 5.74) is 1.00. The molecule has 1 aromatic carbocycles. The van der Waals surface area contributed by atoms with E-state index in [0.717, 1.165) is 46.4 Å². The molecule has 2 heterocycles. The summed E-state index contributed by atoms with van der Waals surface area (Å²) in [6, 6.07) is 4.00. The highest BCUT2D eigenvalue weighted by molar-refractivity contribution is 7.18. The second-order valence-electron chi connectivity index (χ2n) is 3.55. The molecule has 0 unspecified atom stereocenters. The first-order valence-corrected chi connectivity index (χ1v) is 5.81. The van der Waals surface area contributed by atoms with Gasteiger partial charge in [-0.05, 0) is 6.92 Å². The molecule has 0 atom stereocenters. The summed E-state index contributed by atoms with van der Waals surface area (Å²) in [6.07, 6.45) is 0.939. The van der Waals surface area contributed by atoms with Crippen molar-refractivity contribution < 1.29 is 9.47 Å². The van der Waals surface area contributed by atoms with Gasteiger partial charge < -0.3 is 9.47 Å². The summed E-state index contributed by atoms with van der Waals surface area (Å²) in [5.74, 6) is 1.67. The van der Waals surface area contributed by atoms with E-state index in [0.29, 0.717) is 0 Å². The number of aryl methyl sites for hydroxylation is 1. The lowest BCUT2D eigenvalue weighted by molar-refractivity contribution is 0.297. The molecule has 0 aliphatic carbocycles. The number of ether oxygens (including phenoxy) is 2. The van der Waals surface area contributed by atoms with Gasteiger partial charge in [-0.2, -0.15) is 0 Å². The molecule has 1 aromatic heterocycles. The predicted octanol–water partition coefficient (Wildman–Crippen LogP) is 2.77. The first-order valence-electron chi connectivity index (χ1n) is 5.00. The van der Waals surface area contributed by atoms with Crippen molar-refractivity contribution in [1.29, 1.82) is 0 Å². The minimum Gasteiger partial charge on any atom is -0.490 e. The molecule has 3 rings (SSSR count). The Morgan fingerprint density at radius 3 is 2.73 bits per heavy atom. The molecule has 0 spiro atoms. The summed E-state index contributed by atoms with van der Waals surface area (Å²) in [4.78, 5) is 4.43. The third kappa shape index (κ3) is 1.55. The predicted molar refractivity (Wildman–Crippen MR) is 60.0 cm³/mol. The zero-order valence-electron chi connectivity index (χ0n) is 8.45. The van der Waals surface area contributed by atoms with Crippen LogP contribution in [-0.4, -0.2) is 18.2 Å². The van der Waals surface area contributed by atoms with Crippen molar-refractivity contribution >= 4 is 21.6 Å². The number of rotatable bonds is 0. The number of hydrogen-bond donors (Lipinski definition) is 0. The maximum atomic E-state index is 5.62. The Hall–Kier alpha value is -1.29. The van der Waals surface area contributed by atoms with E-state index in [4.69, 9.17) is 9.47 Å². The van der Waals surface area contributed by atoms with Crippen molar-refractivity contribution in [2.45, 2.75) is 13.3 Å². The Kier molecular flexibility index (Phi) is 2.02. The lowest BCUT2D eigenvalue weighted by atomic mass is 10.3. The second kappa shape index (κ2) is 3.38. The molecule has 0 N–H and O–H groups in total. The number of hydrogen-bond acceptors (Lipinski definition) is 4. The Morgan fingerprint density at radius 1 is 1.20 bits per heavy atom. The molecule has 0 saturated carbocycles. The summed E-state index contributed by atoms with van der Waals surface area (Å²) in [5, 5.41) is 1.07. The molecular weight excluding hydrogens is 210 g/mol. The van der Waals surface area contributed by atoms with Crippen LogP contribution in [0.15, 0.2) is 12.1 Å². The number of benzene rings is 1. The normalized spacial score (nSPS) is 15.3. The number of nitrogens with zero attached hydrogens (tertiary/aromatic N) is 1. The van der Waals surface area contributed by atoms with Crippen LogP contribution in [-0.2, 0) is 0 Å². The minimum absolute atomic E-state index is 0.724. The topological polar surface area (TPSA) is 31.4 Å². The van der Waals surface area contributed by atoms with Gasteiger partial charge in [0.15, 0.2) is 11.5 Å². The lowest BCUT2D eigenvalue weighted by Crippen LogP contribution is -1.97. The van der Waals surface area contributed by atoms with Gasteiger partial charge in [-0.25, -0.2) is 4.98 Å². The lowest BCUT2D eigenvalue weighted by Gasteiger charge is -2.05. The van der Waals surface area contributed by atoms with Gasteiger partial charge in [0, 0.05) is 18.6 Å². The molecule has 1 aliphatic heterocycles. The van der Waals surface area contributed by atoms with E-state index in [2.05, 4.69) is 4.98 Å². The fourth-order valence-corrected chi connectivity index (χ4v) is 2.54. The molecule has 4 heteroatoms. The third-order valence-corrected chi connectivity index (χ3v) is 3.30. The van der Waals surface area contributed by atoms with Crippen molar-refractivity contribution in [3.05, 3.63) is 17.1 Å². The summed E-state index contributed by atoms with van der Waals surface area (Å²) >= 11 is 1.69.